The standard InChI is InChI=1S/C14H14Cl2N4O2S/c15-11-2-1-3-12(16)14(11)23(21,22)20-8-6-19(7-9-20)13-10-17-4-5-18-13/h1-5,10H,6-9H2. The maximum absolute atomic E-state index is 12.8. The fourth-order valence-electron chi connectivity index (χ4n) is 2.47. The van der Waals surface area contributed by atoms with Crippen molar-refractivity contribution in [1.29, 1.82) is 0 Å². The molecule has 1 aromatic carbocycles. The van der Waals surface area contributed by atoms with E-state index in [2.05, 4.69) is 9.97 Å². The summed E-state index contributed by atoms with van der Waals surface area (Å²) < 4.78 is 27.0. The molecule has 1 aliphatic rings. The maximum Gasteiger partial charge on any atom is 0.246 e. The molecular formula is C14H14Cl2N4O2S. The molecular weight excluding hydrogens is 359 g/mol. The highest BCUT2D eigenvalue weighted by Crippen LogP contribution is 2.32. The number of hydrogen-bond acceptors (Lipinski definition) is 5. The molecule has 6 nitrogen and oxygen atoms in total. The third-order valence-corrected chi connectivity index (χ3v) is 6.48. The predicted octanol–water partition coefficient (Wildman–Crippen LogP) is 2.29. The van der Waals surface area contributed by atoms with Crippen molar-refractivity contribution < 1.29 is 8.42 Å². The zero-order valence-corrected chi connectivity index (χ0v) is 14.4. The molecule has 2 heterocycles. The molecule has 1 aliphatic heterocycles. The number of aromatic nitrogens is 2. The van der Waals surface area contributed by atoms with Gasteiger partial charge >= 0.3 is 0 Å². The number of benzene rings is 1. The monoisotopic (exact) mass is 372 g/mol. The van der Waals surface area contributed by atoms with Crippen molar-refractivity contribution in [3.05, 3.63) is 46.8 Å². The van der Waals surface area contributed by atoms with Gasteiger partial charge in [-0.25, -0.2) is 13.4 Å². The highest BCUT2D eigenvalue weighted by atomic mass is 35.5. The minimum Gasteiger partial charge on any atom is -0.353 e. The second kappa shape index (κ2) is 6.60. The molecule has 0 atom stereocenters. The van der Waals surface area contributed by atoms with Crippen LogP contribution in [0.25, 0.3) is 0 Å². The van der Waals surface area contributed by atoms with Gasteiger partial charge in [0.15, 0.2) is 0 Å². The van der Waals surface area contributed by atoms with E-state index in [0.29, 0.717) is 26.2 Å². The minimum absolute atomic E-state index is 0.0312. The van der Waals surface area contributed by atoms with E-state index in [1.165, 1.54) is 16.4 Å². The number of halogens is 2. The van der Waals surface area contributed by atoms with Gasteiger partial charge in [0.25, 0.3) is 0 Å². The molecule has 1 saturated heterocycles. The fraction of sp³-hybridized carbons (Fsp3) is 0.286. The van der Waals surface area contributed by atoms with Crippen LogP contribution in [0, 0.1) is 0 Å². The van der Waals surface area contributed by atoms with E-state index in [1.54, 1.807) is 24.7 Å². The first-order valence-electron chi connectivity index (χ1n) is 6.95. The molecule has 0 bridgehead atoms. The van der Waals surface area contributed by atoms with Crippen LogP contribution in [-0.4, -0.2) is 48.9 Å². The molecule has 9 heteroatoms. The van der Waals surface area contributed by atoms with Crippen LogP contribution in [0.5, 0.6) is 0 Å². The van der Waals surface area contributed by atoms with Crippen LogP contribution >= 0.6 is 23.2 Å². The number of nitrogens with zero attached hydrogens (tertiary/aromatic N) is 4. The Morgan fingerprint density at radius 3 is 2.22 bits per heavy atom. The minimum atomic E-state index is -3.72. The zero-order chi connectivity index (χ0) is 16.4. The largest absolute Gasteiger partial charge is 0.353 e. The van der Waals surface area contributed by atoms with Gasteiger partial charge < -0.3 is 4.90 Å². The Hall–Kier alpha value is -1.41. The number of anilines is 1. The van der Waals surface area contributed by atoms with E-state index in [1.807, 2.05) is 4.90 Å². The van der Waals surface area contributed by atoms with Crippen LogP contribution in [0.15, 0.2) is 41.7 Å². The highest BCUT2D eigenvalue weighted by molar-refractivity contribution is 7.89. The van der Waals surface area contributed by atoms with Crippen molar-refractivity contribution in [2.45, 2.75) is 4.90 Å². The van der Waals surface area contributed by atoms with E-state index in [0.717, 1.165) is 5.82 Å². The number of rotatable bonds is 3. The first-order valence-corrected chi connectivity index (χ1v) is 9.15. The summed E-state index contributed by atoms with van der Waals surface area (Å²) in [5.41, 5.74) is 0. The molecule has 2 aromatic rings. The lowest BCUT2D eigenvalue weighted by molar-refractivity contribution is 0.383. The van der Waals surface area contributed by atoms with Gasteiger partial charge in [0, 0.05) is 38.6 Å². The van der Waals surface area contributed by atoms with Crippen molar-refractivity contribution in [2.24, 2.45) is 0 Å². The summed E-state index contributed by atoms with van der Waals surface area (Å²) in [6, 6.07) is 4.67. The Labute approximate surface area is 144 Å². The Balaban J connectivity index is 1.79. The molecule has 1 fully saturated rings. The Morgan fingerprint density at radius 1 is 1.00 bits per heavy atom. The molecule has 122 valence electrons. The van der Waals surface area contributed by atoms with E-state index >= 15 is 0 Å². The van der Waals surface area contributed by atoms with Crippen LogP contribution in [0.2, 0.25) is 10.0 Å². The van der Waals surface area contributed by atoms with Crippen molar-refractivity contribution in [2.75, 3.05) is 31.1 Å². The lowest BCUT2D eigenvalue weighted by atomic mass is 10.3. The summed E-state index contributed by atoms with van der Waals surface area (Å²) in [7, 11) is -3.72. The van der Waals surface area contributed by atoms with Crippen molar-refractivity contribution >= 4 is 39.0 Å². The van der Waals surface area contributed by atoms with Gasteiger partial charge in [-0.05, 0) is 12.1 Å². The van der Waals surface area contributed by atoms with Crippen LogP contribution < -0.4 is 4.90 Å². The smallest absolute Gasteiger partial charge is 0.246 e. The Kier molecular flexibility index (Phi) is 4.72. The van der Waals surface area contributed by atoms with Crippen LogP contribution in [0.3, 0.4) is 0 Å². The lowest BCUT2D eigenvalue weighted by Gasteiger charge is -2.34. The topological polar surface area (TPSA) is 66.4 Å². The molecule has 0 amide bonds. The fourth-order valence-corrected chi connectivity index (χ4v) is 4.98. The zero-order valence-electron chi connectivity index (χ0n) is 12.1. The van der Waals surface area contributed by atoms with E-state index in [-0.39, 0.29) is 14.9 Å². The molecule has 0 saturated carbocycles. The third-order valence-electron chi connectivity index (χ3n) is 3.63. The summed E-state index contributed by atoms with van der Waals surface area (Å²) in [6.45, 7) is 1.72. The van der Waals surface area contributed by atoms with E-state index in [9.17, 15) is 8.42 Å². The first kappa shape index (κ1) is 16.4. The quantitative estimate of drug-likeness (QED) is 0.826. The number of sulfonamides is 1. The molecule has 0 radical (unpaired) electrons. The summed E-state index contributed by atoms with van der Waals surface area (Å²) in [4.78, 5) is 10.2. The van der Waals surface area contributed by atoms with E-state index in [4.69, 9.17) is 23.2 Å². The normalized spacial score (nSPS) is 16.5. The molecule has 0 spiro atoms. The van der Waals surface area contributed by atoms with Gasteiger partial charge in [0.2, 0.25) is 10.0 Å². The SMILES string of the molecule is O=S(=O)(c1c(Cl)cccc1Cl)N1CCN(c2cnccn2)CC1. The van der Waals surface area contributed by atoms with Crippen molar-refractivity contribution in [3.8, 4) is 0 Å². The Morgan fingerprint density at radius 2 is 1.65 bits per heavy atom. The second-order valence-electron chi connectivity index (χ2n) is 5.01. The summed E-state index contributed by atoms with van der Waals surface area (Å²) in [5.74, 6) is 0.736. The van der Waals surface area contributed by atoms with Crippen LogP contribution in [0.4, 0.5) is 5.82 Å². The van der Waals surface area contributed by atoms with Gasteiger partial charge in [-0.15, -0.1) is 0 Å². The van der Waals surface area contributed by atoms with Crippen molar-refractivity contribution in [3.63, 3.8) is 0 Å². The summed E-state index contributed by atoms with van der Waals surface area (Å²) in [5, 5.41) is 0.266. The number of piperazine rings is 1. The van der Waals surface area contributed by atoms with Gasteiger partial charge in [-0.2, -0.15) is 4.31 Å². The Bertz CT molecular complexity index is 773. The maximum atomic E-state index is 12.8. The van der Waals surface area contributed by atoms with Gasteiger partial charge in [0.05, 0.1) is 16.2 Å². The first-order chi connectivity index (χ1) is 11.0. The predicted molar refractivity (Wildman–Crippen MR) is 89.5 cm³/mol. The average Bonchev–Trinajstić information content (AvgIpc) is 2.55. The van der Waals surface area contributed by atoms with Crippen LogP contribution in [-0.2, 0) is 10.0 Å². The average molecular weight is 373 g/mol. The molecule has 0 aliphatic carbocycles. The van der Waals surface area contributed by atoms with Crippen molar-refractivity contribution in [1.82, 2.24) is 14.3 Å². The molecule has 0 unspecified atom stereocenters. The number of hydrogen-bond donors (Lipinski definition) is 0. The van der Waals surface area contributed by atoms with Gasteiger partial charge in [-0.1, -0.05) is 29.3 Å². The highest BCUT2D eigenvalue weighted by Gasteiger charge is 2.32. The van der Waals surface area contributed by atoms with Crippen LogP contribution in [0.1, 0.15) is 0 Å². The van der Waals surface area contributed by atoms with E-state index < -0.39 is 10.0 Å². The molecule has 23 heavy (non-hydrogen) atoms. The molecule has 0 N–H and O–H groups in total. The lowest BCUT2D eigenvalue weighted by Crippen LogP contribution is -2.49. The second-order valence-corrected chi connectivity index (χ2v) is 7.69. The summed E-state index contributed by atoms with van der Waals surface area (Å²) in [6.07, 6.45) is 4.88. The van der Waals surface area contributed by atoms with Gasteiger partial charge in [0.1, 0.15) is 10.7 Å². The molecule has 3 rings (SSSR count). The molecule has 1 aromatic heterocycles. The summed E-state index contributed by atoms with van der Waals surface area (Å²) >= 11 is 12.1. The van der Waals surface area contributed by atoms with Gasteiger partial charge in [-0.3, -0.25) is 4.98 Å². The third kappa shape index (κ3) is 3.28.